The van der Waals surface area contributed by atoms with Crippen LogP contribution < -0.4 is 0 Å². The summed E-state index contributed by atoms with van der Waals surface area (Å²) in [6.07, 6.45) is 76.3. The summed E-state index contributed by atoms with van der Waals surface area (Å²) in [5, 5.41) is 0. The van der Waals surface area contributed by atoms with Crippen LogP contribution >= 0.6 is 0 Å². The van der Waals surface area contributed by atoms with Crippen LogP contribution in [0.25, 0.3) is 0 Å². The van der Waals surface area contributed by atoms with E-state index in [0.29, 0.717) is 19.3 Å². The van der Waals surface area contributed by atoms with Gasteiger partial charge >= 0.3 is 17.9 Å². The summed E-state index contributed by atoms with van der Waals surface area (Å²) < 4.78 is 16.6. The monoisotopic (exact) mass is 891 g/mol. The van der Waals surface area contributed by atoms with Crippen LogP contribution in [0.15, 0.2) is 170 Å². The third kappa shape index (κ3) is 49.6. The van der Waals surface area contributed by atoms with Gasteiger partial charge in [-0.15, -0.1) is 0 Å². The molecule has 0 aliphatic rings. The molecule has 1 atom stereocenters. The Morgan fingerprint density at radius 3 is 1.15 bits per heavy atom. The minimum absolute atomic E-state index is 0.153. The maximum Gasteiger partial charge on any atom is 0.306 e. The molecule has 0 radical (unpaired) electrons. The summed E-state index contributed by atoms with van der Waals surface area (Å²) in [6, 6.07) is 0. The number of carbonyl (C=O) groups is 3. The second kappa shape index (κ2) is 51.4. The van der Waals surface area contributed by atoms with Crippen molar-refractivity contribution in [2.75, 3.05) is 13.2 Å². The average molecular weight is 891 g/mol. The Morgan fingerprint density at radius 2 is 0.677 bits per heavy atom. The zero-order valence-corrected chi connectivity index (χ0v) is 40.7. The van der Waals surface area contributed by atoms with E-state index in [2.05, 4.69) is 75.5 Å². The molecule has 6 nitrogen and oxygen atoms in total. The molecule has 1 unspecified atom stereocenters. The van der Waals surface area contributed by atoms with Gasteiger partial charge in [0.05, 0.1) is 0 Å². The summed E-state index contributed by atoms with van der Waals surface area (Å²) in [5.41, 5.74) is 0. The SMILES string of the molecule is CC\C=C/C=C\C=C/C=C\C=C/CCCC(=O)OCC(COC(=O)CCCCC\C=C/C=C/C=C\C=C/C=C\C=C/CC)OC(=O)CCC/C=C\C/C=C\C/C=C\CCCCCCCC. The third-order valence-corrected chi connectivity index (χ3v) is 9.48. The number of esters is 3. The summed E-state index contributed by atoms with van der Waals surface area (Å²) in [6.45, 7) is 6.15. The molecule has 0 aliphatic heterocycles. The van der Waals surface area contributed by atoms with Gasteiger partial charge in [-0.1, -0.05) is 229 Å². The Kier molecular flexibility index (Phi) is 47.3. The van der Waals surface area contributed by atoms with Crippen LogP contribution in [0.5, 0.6) is 0 Å². The minimum atomic E-state index is -0.861. The van der Waals surface area contributed by atoms with Crippen molar-refractivity contribution in [2.24, 2.45) is 0 Å². The van der Waals surface area contributed by atoms with E-state index in [-0.39, 0.29) is 44.4 Å². The minimum Gasteiger partial charge on any atom is -0.462 e. The van der Waals surface area contributed by atoms with E-state index in [1.54, 1.807) is 0 Å². The molecule has 0 amide bonds. The lowest BCUT2D eigenvalue weighted by atomic mass is 10.1. The zero-order valence-electron chi connectivity index (χ0n) is 40.7. The molecule has 0 heterocycles. The molecule has 0 aromatic rings. The fraction of sp³-hybridized carbons (Fsp3) is 0.475. The Balaban J connectivity index is 4.70. The van der Waals surface area contributed by atoms with E-state index in [9.17, 15) is 14.4 Å². The highest BCUT2D eigenvalue weighted by molar-refractivity contribution is 5.71. The summed E-state index contributed by atoms with van der Waals surface area (Å²) >= 11 is 0. The highest BCUT2D eigenvalue weighted by atomic mass is 16.6. The molecule has 358 valence electrons. The fourth-order valence-electron chi connectivity index (χ4n) is 5.81. The van der Waals surface area contributed by atoms with Crippen molar-refractivity contribution < 1.29 is 28.6 Å². The van der Waals surface area contributed by atoms with Gasteiger partial charge in [0.2, 0.25) is 0 Å². The number of ether oxygens (including phenoxy) is 3. The van der Waals surface area contributed by atoms with Crippen molar-refractivity contribution in [3.8, 4) is 0 Å². The molecular weight excluding hydrogens is 805 g/mol. The molecule has 0 aromatic heterocycles. The average Bonchev–Trinajstić information content (AvgIpc) is 3.30. The number of unbranched alkanes of at least 4 members (excludes halogenated alkanes) is 11. The first kappa shape index (κ1) is 59.8. The van der Waals surface area contributed by atoms with Gasteiger partial charge in [0.15, 0.2) is 6.10 Å². The maximum atomic E-state index is 12.8. The molecule has 0 bridgehead atoms. The lowest BCUT2D eigenvalue weighted by Gasteiger charge is -2.18. The molecule has 0 saturated heterocycles. The first-order valence-corrected chi connectivity index (χ1v) is 24.8. The molecule has 0 fully saturated rings. The Morgan fingerprint density at radius 1 is 0.338 bits per heavy atom. The molecule has 0 N–H and O–H groups in total. The van der Waals surface area contributed by atoms with Crippen molar-refractivity contribution in [1.82, 2.24) is 0 Å². The van der Waals surface area contributed by atoms with Gasteiger partial charge in [0.1, 0.15) is 13.2 Å². The van der Waals surface area contributed by atoms with Gasteiger partial charge in [-0.25, -0.2) is 0 Å². The summed E-state index contributed by atoms with van der Waals surface area (Å²) in [5.74, 6) is -1.14. The third-order valence-electron chi connectivity index (χ3n) is 9.48. The predicted molar refractivity (Wildman–Crippen MR) is 278 cm³/mol. The summed E-state index contributed by atoms with van der Waals surface area (Å²) in [4.78, 5) is 37.9. The molecule has 0 spiro atoms. The number of rotatable bonds is 41. The molecule has 0 rings (SSSR count). The number of allylic oxidation sites excluding steroid dienone is 28. The summed E-state index contributed by atoms with van der Waals surface area (Å²) in [7, 11) is 0. The van der Waals surface area contributed by atoms with Crippen molar-refractivity contribution in [3.63, 3.8) is 0 Å². The lowest BCUT2D eigenvalue weighted by Crippen LogP contribution is -2.30. The Hall–Kier alpha value is -5.23. The first-order valence-electron chi connectivity index (χ1n) is 24.8. The molecule has 65 heavy (non-hydrogen) atoms. The fourth-order valence-corrected chi connectivity index (χ4v) is 5.81. The van der Waals surface area contributed by atoms with E-state index in [1.807, 2.05) is 115 Å². The van der Waals surface area contributed by atoms with Crippen LogP contribution in [0.4, 0.5) is 0 Å². The Bertz CT molecular complexity index is 1590. The Labute approximate surface area is 396 Å². The maximum absolute atomic E-state index is 12.8. The van der Waals surface area contributed by atoms with Gasteiger partial charge in [0.25, 0.3) is 0 Å². The second-order valence-corrected chi connectivity index (χ2v) is 15.5. The highest BCUT2D eigenvalue weighted by Crippen LogP contribution is 2.10. The van der Waals surface area contributed by atoms with E-state index in [4.69, 9.17) is 14.2 Å². The van der Waals surface area contributed by atoms with Crippen LogP contribution in [0.2, 0.25) is 0 Å². The first-order chi connectivity index (χ1) is 32.0. The highest BCUT2D eigenvalue weighted by Gasteiger charge is 2.19. The van der Waals surface area contributed by atoms with Gasteiger partial charge in [-0.05, 0) is 83.5 Å². The standard InChI is InChI=1S/C59H86O6/c1-4-7-10-13-16-19-22-25-27-29-31-34-37-40-43-46-49-52-58(61)64-55-56(54-63-57(60)51-48-45-42-39-36-33-24-21-18-15-12-9-6-3)65-59(62)53-50-47-44-41-38-35-32-30-28-26-23-20-17-14-11-8-5-2/h7,9-10,12-13,15-16,18-19,21-22,24-29,31-37,39,41-42,44,56H,4-6,8,11,14,17,20,23,30,38,40,43,45-55H2,1-3H3/b10-7-,12-9-,16-13-,18-15-,22-19-,24-21-,27-25-,28-26-,31-29+,35-32-,36-33-,37-34-,42-39-,44-41-. The normalized spacial score (nSPS) is 13.6. The van der Waals surface area contributed by atoms with Crippen LogP contribution in [0.1, 0.15) is 162 Å². The van der Waals surface area contributed by atoms with E-state index in [1.165, 1.54) is 38.5 Å². The van der Waals surface area contributed by atoms with Crippen LogP contribution in [0, 0.1) is 0 Å². The molecule has 0 aromatic carbocycles. The van der Waals surface area contributed by atoms with E-state index < -0.39 is 12.1 Å². The van der Waals surface area contributed by atoms with Crippen molar-refractivity contribution in [3.05, 3.63) is 170 Å². The van der Waals surface area contributed by atoms with Gasteiger partial charge in [-0.2, -0.15) is 0 Å². The van der Waals surface area contributed by atoms with Crippen LogP contribution in [0.3, 0.4) is 0 Å². The van der Waals surface area contributed by atoms with E-state index >= 15 is 0 Å². The topological polar surface area (TPSA) is 78.9 Å². The van der Waals surface area contributed by atoms with Crippen molar-refractivity contribution in [1.29, 1.82) is 0 Å². The van der Waals surface area contributed by atoms with Crippen LogP contribution in [-0.2, 0) is 28.6 Å². The smallest absolute Gasteiger partial charge is 0.306 e. The van der Waals surface area contributed by atoms with Gasteiger partial charge in [-0.3, -0.25) is 14.4 Å². The number of carbonyl (C=O) groups excluding carboxylic acids is 3. The quantitative estimate of drug-likeness (QED) is 0.0200. The van der Waals surface area contributed by atoms with Crippen LogP contribution in [-0.4, -0.2) is 37.2 Å². The van der Waals surface area contributed by atoms with Gasteiger partial charge in [0, 0.05) is 19.3 Å². The predicted octanol–water partition coefficient (Wildman–Crippen LogP) is 16.4. The number of hydrogen-bond donors (Lipinski definition) is 0. The second-order valence-electron chi connectivity index (χ2n) is 15.5. The molecule has 0 saturated carbocycles. The molecule has 6 heteroatoms. The van der Waals surface area contributed by atoms with Crippen molar-refractivity contribution >= 4 is 17.9 Å². The molecule has 0 aliphatic carbocycles. The lowest BCUT2D eigenvalue weighted by molar-refractivity contribution is -0.167. The molecular formula is C59H86O6. The van der Waals surface area contributed by atoms with E-state index in [0.717, 1.165) is 64.2 Å². The zero-order chi connectivity index (χ0) is 47.2. The van der Waals surface area contributed by atoms with Crippen molar-refractivity contribution in [2.45, 2.75) is 168 Å². The largest absolute Gasteiger partial charge is 0.462 e. The van der Waals surface area contributed by atoms with Gasteiger partial charge < -0.3 is 14.2 Å². The number of hydrogen-bond acceptors (Lipinski definition) is 6.